The maximum Gasteiger partial charge on any atom is 0.355 e. The van der Waals surface area contributed by atoms with E-state index < -0.39 is 14.3 Å². The molecule has 0 spiro atoms. The minimum absolute atomic E-state index is 0.0449. The number of fused-ring (bicyclic) bond motifs is 1. The fraction of sp³-hybridized carbons (Fsp3) is 0.630. The van der Waals surface area contributed by atoms with E-state index in [1.54, 1.807) is 17.1 Å². The number of hydrogen-bond donors (Lipinski definition) is 0. The number of rotatable bonds is 11. The predicted octanol–water partition coefficient (Wildman–Crippen LogP) is 4.27. The molecule has 0 aromatic heterocycles. The Bertz CT molecular complexity index is 984. The first-order valence-corrected chi connectivity index (χ1v) is 15.7. The van der Waals surface area contributed by atoms with Crippen LogP contribution in [0.5, 0.6) is 5.75 Å². The highest BCUT2D eigenvalue weighted by Gasteiger charge is 2.59. The van der Waals surface area contributed by atoms with Crippen molar-refractivity contribution in [1.82, 2.24) is 9.96 Å². The molecule has 0 saturated carbocycles. The average molecular weight is 517 g/mol. The SMILES string of the molecule is CC[Si](CC)(CC)O[C@H](C)[C@H]1C(=O)N2C(C(=O)OCc3ccc(OC)cc3)=C([C@@H]3CCN(C)O3)C[C@H]12. The van der Waals surface area contributed by atoms with Crippen LogP contribution in [0.15, 0.2) is 35.5 Å². The lowest BCUT2D eigenvalue weighted by Gasteiger charge is -2.48. The van der Waals surface area contributed by atoms with E-state index in [0.717, 1.165) is 48.0 Å². The van der Waals surface area contributed by atoms with Gasteiger partial charge in [-0.25, -0.2) is 4.79 Å². The molecule has 0 radical (unpaired) electrons. The molecule has 3 aliphatic rings. The lowest BCUT2D eigenvalue weighted by Crippen LogP contribution is -2.63. The van der Waals surface area contributed by atoms with Gasteiger partial charge in [0, 0.05) is 13.6 Å². The average Bonchev–Trinajstić information content (AvgIpc) is 3.47. The van der Waals surface area contributed by atoms with Gasteiger partial charge in [0.25, 0.3) is 0 Å². The van der Waals surface area contributed by atoms with Gasteiger partial charge in [0.15, 0.2) is 8.32 Å². The summed E-state index contributed by atoms with van der Waals surface area (Å²) in [6.07, 6.45) is 1.01. The Morgan fingerprint density at radius 1 is 1.17 bits per heavy atom. The van der Waals surface area contributed by atoms with Crippen LogP contribution >= 0.6 is 0 Å². The minimum Gasteiger partial charge on any atom is -0.497 e. The fourth-order valence-corrected chi connectivity index (χ4v) is 8.77. The second kappa shape index (κ2) is 11.0. The molecule has 1 amide bonds. The van der Waals surface area contributed by atoms with Gasteiger partial charge in [-0.1, -0.05) is 32.9 Å². The molecule has 1 aromatic carbocycles. The van der Waals surface area contributed by atoms with Crippen LogP contribution in [0.1, 0.15) is 46.1 Å². The fourth-order valence-electron chi connectivity index (χ4n) is 5.83. The van der Waals surface area contributed by atoms with Crippen LogP contribution in [-0.2, 0) is 30.2 Å². The number of amides is 1. The van der Waals surface area contributed by atoms with Crippen LogP contribution in [0.25, 0.3) is 0 Å². The smallest absolute Gasteiger partial charge is 0.355 e. The molecule has 0 aliphatic carbocycles. The first-order valence-electron chi connectivity index (χ1n) is 13.2. The number of hydrogen-bond acceptors (Lipinski definition) is 7. The van der Waals surface area contributed by atoms with Gasteiger partial charge in [0.2, 0.25) is 5.91 Å². The van der Waals surface area contributed by atoms with E-state index in [-0.39, 0.29) is 36.7 Å². The lowest BCUT2D eigenvalue weighted by molar-refractivity contribution is -0.162. The third-order valence-corrected chi connectivity index (χ3v) is 13.0. The maximum atomic E-state index is 13.5. The van der Waals surface area contributed by atoms with E-state index in [4.69, 9.17) is 18.7 Å². The van der Waals surface area contributed by atoms with Crippen LogP contribution in [-0.4, -0.2) is 69.1 Å². The van der Waals surface area contributed by atoms with E-state index in [1.165, 1.54) is 0 Å². The van der Waals surface area contributed by atoms with Gasteiger partial charge in [-0.15, -0.1) is 0 Å². The third kappa shape index (κ3) is 4.98. The van der Waals surface area contributed by atoms with E-state index >= 15 is 0 Å². The summed E-state index contributed by atoms with van der Waals surface area (Å²) in [6.45, 7) is 9.52. The van der Waals surface area contributed by atoms with Crippen LogP contribution in [0.3, 0.4) is 0 Å². The summed E-state index contributed by atoms with van der Waals surface area (Å²) >= 11 is 0. The highest BCUT2D eigenvalue weighted by molar-refractivity contribution is 6.73. The Labute approximate surface area is 215 Å². The third-order valence-electron chi connectivity index (χ3n) is 8.24. The Morgan fingerprint density at radius 2 is 1.83 bits per heavy atom. The zero-order valence-electron chi connectivity index (χ0n) is 22.4. The van der Waals surface area contributed by atoms with E-state index in [1.807, 2.05) is 38.2 Å². The van der Waals surface area contributed by atoms with Gasteiger partial charge >= 0.3 is 5.97 Å². The molecule has 3 aliphatic heterocycles. The number of methoxy groups -OCH3 is 1. The second-order valence-corrected chi connectivity index (χ2v) is 14.8. The molecule has 1 aromatic rings. The summed E-state index contributed by atoms with van der Waals surface area (Å²) in [5.74, 6) is -0.0219. The van der Waals surface area contributed by atoms with Crippen molar-refractivity contribution in [1.29, 1.82) is 0 Å². The van der Waals surface area contributed by atoms with E-state index in [0.29, 0.717) is 12.1 Å². The zero-order chi connectivity index (χ0) is 26.0. The van der Waals surface area contributed by atoms with Gasteiger partial charge < -0.3 is 18.8 Å². The molecular formula is C27H40N2O6Si. The second-order valence-electron chi connectivity index (χ2n) is 10.1. The van der Waals surface area contributed by atoms with Crippen molar-refractivity contribution in [3.05, 3.63) is 41.1 Å². The van der Waals surface area contributed by atoms with E-state index in [2.05, 4.69) is 20.8 Å². The Morgan fingerprint density at radius 3 is 2.39 bits per heavy atom. The van der Waals surface area contributed by atoms with Gasteiger partial charge in [-0.3, -0.25) is 9.63 Å². The van der Waals surface area contributed by atoms with Crippen LogP contribution in [0.4, 0.5) is 0 Å². The summed E-state index contributed by atoms with van der Waals surface area (Å²) in [7, 11) is 1.64. The molecule has 0 unspecified atom stereocenters. The van der Waals surface area contributed by atoms with Crippen LogP contribution in [0, 0.1) is 5.92 Å². The van der Waals surface area contributed by atoms with Gasteiger partial charge in [-0.2, -0.15) is 5.06 Å². The van der Waals surface area contributed by atoms with Gasteiger partial charge in [-0.05, 0) is 61.2 Å². The topological polar surface area (TPSA) is 77.5 Å². The first-order chi connectivity index (χ1) is 17.3. The molecular weight excluding hydrogens is 476 g/mol. The molecule has 198 valence electrons. The summed E-state index contributed by atoms with van der Waals surface area (Å²) in [5.41, 5.74) is 2.09. The normalized spacial score (nSPS) is 25.1. The van der Waals surface area contributed by atoms with Crippen LogP contribution in [0.2, 0.25) is 18.1 Å². The molecule has 4 atom stereocenters. The quantitative estimate of drug-likeness (QED) is 0.247. The maximum absolute atomic E-state index is 13.5. The van der Waals surface area contributed by atoms with Crippen molar-refractivity contribution >= 4 is 20.2 Å². The van der Waals surface area contributed by atoms with Crippen molar-refractivity contribution in [3.8, 4) is 5.75 Å². The molecule has 2 fully saturated rings. The summed E-state index contributed by atoms with van der Waals surface area (Å²) in [5, 5.41) is 1.79. The van der Waals surface area contributed by atoms with Crippen molar-refractivity contribution in [2.24, 2.45) is 5.92 Å². The van der Waals surface area contributed by atoms with Crippen molar-refractivity contribution in [2.75, 3.05) is 20.7 Å². The number of benzene rings is 1. The highest BCUT2D eigenvalue weighted by atomic mass is 28.4. The van der Waals surface area contributed by atoms with E-state index in [9.17, 15) is 9.59 Å². The highest BCUT2D eigenvalue weighted by Crippen LogP contribution is 2.47. The Kier molecular flexibility index (Phi) is 8.24. The number of hydroxylamine groups is 2. The molecule has 36 heavy (non-hydrogen) atoms. The van der Waals surface area contributed by atoms with Crippen molar-refractivity contribution < 1.29 is 28.3 Å². The van der Waals surface area contributed by atoms with Crippen molar-refractivity contribution in [3.63, 3.8) is 0 Å². The molecule has 4 rings (SSSR count). The minimum atomic E-state index is -1.86. The summed E-state index contributed by atoms with van der Waals surface area (Å²) < 4.78 is 17.6. The lowest BCUT2D eigenvalue weighted by atomic mass is 9.82. The monoisotopic (exact) mass is 516 g/mol. The summed E-state index contributed by atoms with van der Waals surface area (Å²) in [4.78, 5) is 34.5. The number of β-lactam (4-membered cyclic amide) rings is 1. The molecule has 0 bridgehead atoms. The molecule has 9 heteroatoms. The standard InChI is InChI=1S/C27H40N2O6Si/c1-7-36(8-2,9-3)35-18(4)24-22-16-21(23-14-15-28(5)34-23)25(29(22)26(24)30)27(31)33-17-19-10-12-20(32-6)13-11-19/h10-13,18,22-24H,7-9,14-17H2,1-6H3/t18-,22-,23+,24-/m1/s1. The Balaban J connectivity index is 1.52. The first kappa shape index (κ1) is 26.8. The van der Waals surface area contributed by atoms with Crippen LogP contribution < -0.4 is 4.74 Å². The molecule has 2 saturated heterocycles. The number of carbonyl (C=O) groups excluding carboxylic acids is 2. The Hall–Kier alpha value is -2.20. The van der Waals surface area contributed by atoms with Crippen molar-refractivity contribution in [2.45, 2.75) is 83.5 Å². The summed E-state index contributed by atoms with van der Waals surface area (Å²) in [6, 6.07) is 10.4. The molecule has 0 N–H and O–H groups in total. The zero-order valence-corrected chi connectivity index (χ0v) is 23.4. The largest absolute Gasteiger partial charge is 0.497 e. The number of nitrogens with zero attached hydrogens (tertiary/aromatic N) is 2. The predicted molar refractivity (Wildman–Crippen MR) is 138 cm³/mol. The van der Waals surface area contributed by atoms with Gasteiger partial charge in [0.05, 0.1) is 25.2 Å². The number of esters is 1. The van der Waals surface area contributed by atoms with Gasteiger partial charge in [0.1, 0.15) is 24.2 Å². The molecule has 8 nitrogen and oxygen atoms in total. The number of ether oxygens (including phenoxy) is 2. The molecule has 3 heterocycles. The number of carbonyl (C=O) groups is 2.